The molecular weight excluding hydrogens is 244 g/mol. The van der Waals surface area contributed by atoms with Crippen LogP contribution in [0.5, 0.6) is 0 Å². The Kier molecular flexibility index (Phi) is 25.7. The molecule has 0 radical (unpaired) electrons. The average molecular weight is 279 g/mol. The van der Waals surface area contributed by atoms with Crippen LogP contribution in [0.4, 0.5) is 0 Å². The van der Waals surface area contributed by atoms with Crippen LogP contribution < -0.4 is 0 Å². The van der Waals surface area contributed by atoms with Crippen LogP contribution in [0, 0.1) is 0 Å². The molecule has 0 atom stereocenters. The molecule has 0 bridgehead atoms. The number of aliphatic hydroxyl groups is 2. The molecule has 3 heteroatoms. The van der Waals surface area contributed by atoms with Gasteiger partial charge in [0.15, 0.2) is 0 Å². The topological polar surface area (TPSA) is 40.5 Å². The molecule has 0 saturated carbocycles. The van der Waals surface area contributed by atoms with Crippen LogP contribution in [0.15, 0.2) is 0 Å². The first-order chi connectivity index (χ1) is 8.83. The minimum absolute atomic E-state index is 0.334. The van der Waals surface area contributed by atoms with Gasteiger partial charge in [0, 0.05) is 12.4 Å². The second kappa shape index (κ2) is 22.5. The van der Waals surface area contributed by atoms with Crippen LogP contribution in [-0.4, -0.2) is 34.9 Å². The smallest absolute Gasteiger partial charge is 0.0521 e. The minimum atomic E-state index is 0.334. The number of rotatable bonds is 12. The Morgan fingerprint density at radius 2 is 1.17 bits per heavy atom. The molecule has 0 aromatic carbocycles. The van der Waals surface area contributed by atoms with Crippen molar-refractivity contribution < 1.29 is 10.2 Å². The summed E-state index contributed by atoms with van der Waals surface area (Å²) in [5.41, 5.74) is 0. The maximum atomic E-state index is 8.52. The SMILES string of the molecule is CCCCCCCCSCCO.CCCCCO. The highest BCUT2D eigenvalue weighted by Crippen LogP contribution is 2.08. The van der Waals surface area contributed by atoms with E-state index in [1.807, 2.05) is 11.8 Å². The standard InChI is InChI=1S/C10H22OS.C5H12O/c1-2-3-4-5-6-7-9-12-10-8-11;1-2-3-4-5-6/h11H,2-10H2,1H3;6H,2-5H2,1H3. The maximum absolute atomic E-state index is 8.52. The van der Waals surface area contributed by atoms with Crippen LogP contribution in [0.1, 0.15) is 71.6 Å². The lowest BCUT2D eigenvalue weighted by atomic mass is 10.1. The summed E-state index contributed by atoms with van der Waals surface area (Å²) >= 11 is 1.87. The van der Waals surface area contributed by atoms with Crippen molar-refractivity contribution in [3.05, 3.63) is 0 Å². The summed E-state index contributed by atoms with van der Waals surface area (Å²) in [6, 6.07) is 0. The number of thioether (sulfide) groups is 1. The molecule has 0 fully saturated rings. The normalized spacial score (nSPS) is 10.0. The molecule has 0 amide bonds. The zero-order valence-corrected chi connectivity index (χ0v) is 13.3. The van der Waals surface area contributed by atoms with E-state index in [0.29, 0.717) is 13.2 Å². The maximum Gasteiger partial charge on any atom is 0.0521 e. The van der Waals surface area contributed by atoms with Gasteiger partial charge in [-0.25, -0.2) is 0 Å². The monoisotopic (exact) mass is 278 g/mol. The van der Waals surface area contributed by atoms with E-state index in [9.17, 15) is 0 Å². The predicted octanol–water partition coefficient (Wildman–Crippen LogP) is 4.24. The molecule has 0 rings (SSSR count). The number of unbranched alkanes of at least 4 members (excludes halogenated alkanes) is 7. The highest BCUT2D eigenvalue weighted by molar-refractivity contribution is 7.99. The van der Waals surface area contributed by atoms with Crippen LogP contribution in [0.25, 0.3) is 0 Å². The summed E-state index contributed by atoms with van der Waals surface area (Å²) in [6.07, 6.45) is 11.6. The van der Waals surface area contributed by atoms with Crippen LogP contribution in [-0.2, 0) is 0 Å². The lowest BCUT2D eigenvalue weighted by molar-refractivity contribution is 0.284. The largest absolute Gasteiger partial charge is 0.396 e. The van der Waals surface area contributed by atoms with Crippen LogP contribution in [0.3, 0.4) is 0 Å². The van der Waals surface area contributed by atoms with Gasteiger partial charge >= 0.3 is 0 Å². The molecule has 18 heavy (non-hydrogen) atoms. The molecule has 0 spiro atoms. The Hall–Kier alpha value is 0.270. The van der Waals surface area contributed by atoms with E-state index in [1.165, 1.54) is 50.7 Å². The van der Waals surface area contributed by atoms with Gasteiger partial charge < -0.3 is 10.2 Å². The highest BCUT2D eigenvalue weighted by atomic mass is 32.2. The fourth-order valence-electron chi connectivity index (χ4n) is 1.51. The van der Waals surface area contributed by atoms with Crippen molar-refractivity contribution >= 4 is 11.8 Å². The van der Waals surface area contributed by atoms with Gasteiger partial charge in [0.05, 0.1) is 6.61 Å². The lowest BCUT2D eigenvalue weighted by Crippen LogP contribution is -1.88. The van der Waals surface area contributed by atoms with Gasteiger partial charge in [-0.15, -0.1) is 0 Å². The van der Waals surface area contributed by atoms with E-state index < -0.39 is 0 Å². The predicted molar refractivity (Wildman–Crippen MR) is 84.4 cm³/mol. The molecule has 0 saturated heterocycles. The van der Waals surface area contributed by atoms with Crippen molar-refractivity contribution in [1.29, 1.82) is 0 Å². The Bertz CT molecular complexity index is 107. The third-order valence-corrected chi connectivity index (χ3v) is 3.69. The zero-order valence-electron chi connectivity index (χ0n) is 12.5. The van der Waals surface area contributed by atoms with Gasteiger partial charge in [-0.1, -0.05) is 58.8 Å². The molecule has 0 aliphatic rings. The average Bonchev–Trinajstić information content (AvgIpc) is 2.40. The van der Waals surface area contributed by atoms with Gasteiger partial charge in [-0.2, -0.15) is 11.8 Å². The van der Waals surface area contributed by atoms with E-state index in [-0.39, 0.29) is 0 Å². The van der Waals surface area contributed by atoms with Crippen LogP contribution in [0.2, 0.25) is 0 Å². The summed E-state index contributed by atoms with van der Waals surface area (Å²) in [5.74, 6) is 2.14. The van der Waals surface area contributed by atoms with Crippen LogP contribution >= 0.6 is 11.8 Å². The van der Waals surface area contributed by atoms with Gasteiger partial charge in [-0.3, -0.25) is 0 Å². The fourth-order valence-corrected chi connectivity index (χ4v) is 2.25. The molecule has 2 nitrogen and oxygen atoms in total. The first-order valence-corrected chi connectivity index (χ1v) is 8.78. The first-order valence-electron chi connectivity index (χ1n) is 7.62. The van der Waals surface area contributed by atoms with E-state index in [4.69, 9.17) is 10.2 Å². The van der Waals surface area contributed by atoms with Crippen molar-refractivity contribution in [2.24, 2.45) is 0 Å². The Labute approximate surface area is 119 Å². The summed E-state index contributed by atoms with van der Waals surface area (Å²) in [5, 5.41) is 16.7. The third-order valence-electron chi connectivity index (χ3n) is 2.64. The van der Waals surface area contributed by atoms with Gasteiger partial charge in [0.2, 0.25) is 0 Å². The van der Waals surface area contributed by atoms with Crippen molar-refractivity contribution in [3.63, 3.8) is 0 Å². The molecule has 0 aliphatic carbocycles. The Balaban J connectivity index is 0. The molecule has 0 unspecified atom stereocenters. The fraction of sp³-hybridized carbons (Fsp3) is 1.00. The zero-order chi connectivity index (χ0) is 13.9. The summed E-state index contributed by atoms with van der Waals surface area (Å²) in [7, 11) is 0. The molecule has 0 aromatic rings. The van der Waals surface area contributed by atoms with Gasteiger partial charge in [-0.05, 0) is 18.6 Å². The van der Waals surface area contributed by atoms with Crippen molar-refractivity contribution in [1.82, 2.24) is 0 Å². The lowest BCUT2D eigenvalue weighted by Gasteiger charge is -1.99. The van der Waals surface area contributed by atoms with Gasteiger partial charge in [0.25, 0.3) is 0 Å². The summed E-state index contributed by atoms with van der Waals surface area (Å²) < 4.78 is 0. The number of aliphatic hydroxyl groups excluding tert-OH is 2. The second-order valence-electron chi connectivity index (χ2n) is 4.53. The Morgan fingerprint density at radius 3 is 1.67 bits per heavy atom. The molecule has 0 aromatic heterocycles. The highest BCUT2D eigenvalue weighted by Gasteiger charge is 1.90. The van der Waals surface area contributed by atoms with E-state index >= 15 is 0 Å². The molecule has 2 N–H and O–H groups in total. The number of hydrogen-bond acceptors (Lipinski definition) is 3. The third kappa shape index (κ3) is 25.2. The molecular formula is C15H34O2S. The van der Waals surface area contributed by atoms with Crippen molar-refractivity contribution in [3.8, 4) is 0 Å². The minimum Gasteiger partial charge on any atom is -0.396 e. The van der Waals surface area contributed by atoms with Gasteiger partial charge in [0.1, 0.15) is 0 Å². The van der Waals surface area contributed by atoms with E-state index in [1.54, 1.807) is 0 Å². The quantitative estimate of drug-likeness (QED) is 0.525. The molecule has 0 heterocycles. The second-order valence-corrected chi connectivity index (χ2v) is 5.76. The summed E-state index contributed by atoms with van der Waals surface area (Å²) in [4.78, 5) is 0. The molecule has 112 valence electrons. The van der Waals surface area contributed by atoms with Crippen molar-refractivity contribution in [2.45, 2.75) is 71.6 Å². The Morgan fingerprint density at radius 1 is 0.611 bits per heavy atom. The summed E-state index contributed by atoms with van der Waals surface area (Å²) in [6.45, 7) is 5.06. The first kappa shape index (κ1) is 20.6. The molecule has 0 aliphatic heterocycles. The number of hydrogen-bond donors (Lipinski definition) is 2. The van der Waals surface area contributed by atoms with E-state index in [0.717, 1.165) is 18.6 Å². The van der Waals surface area contributed by atoms with Crippen molar-refractivity contribution in [2.75, 3.05) is 24.7 Å². The van der Waals surface area contributed by atoms with E-state index in [2.05, 4.69) is 13.8 Å².